The fourth-order valence-corrected chi connectivity index (χ4v) is 1.85. The zero-order valence-corrected chi connectivity index (χ0v) is 8.97. The van der Waals surface area contributed by atoms with Crippen LogP contribution in [0.2, 0.25) is 10.0 Å². The first-order chi connectivity index (χ1) is 7.08. The Kier molecular flexibility index (Phi) is 2.63. The third-order valence-corrected chi connectivity index (χ3v) is 2.69. The van der Waals surface area contributed by atoms with Crippen LogP contribution in [0.4, 0.5) is 4.79 Å². The number of ether oxygens (including phenoxy) is 1. The summed E-state index contributed by atoms with van der Waals surface area (Å²) >= 11 is 11.5. The van der Waals surface area contributed by atoms with E-state index in [0.29, 0.717) is 5.56 Å². The predicted molar refractivity (Wildman–Crippen MR) is 55.4 cm³/mol. The molecule has 1 aromatic carbocycles. The fourth-order valence-electron chi connectivity index (χ4n) is 1.35. The number of hydrogen-bond donors (Lipinski definition) is 2. The third kappa shape index (κ3) is 1.96. The Morgan fingerprint density at radius 1 is 1.40 bits per heavy atom. The van der Waals surface area contributed by atoms with E-state index in [9.17, 15) is 9.90 Å². The van der Waals surface area contributed by atoms with Crippen molar-refractivity contribution in [2.75, 3.05) is 6.61 Å². The summed E-state index contributed by atoms with van der Waals surface area (Å²) in [7, 11) is 0. The number of benzene rings is 1. The molecule has 80 valence electrons. The molecule has 0 saturated carbocycles. The quantitative estimate of drug-likeness (QED) is 0.802. The topological polar surface area (TPSA) is 58.6 Å². The molecule has 0 radical (unpaired) electrons. The van der Waals surface area contributed by atoms with Crippen LogP contribution in [0.5, 0.6) is 5.75 Å². The number of alkyl carbamates (subject to hydrolysis) is 1. The van der Waals surface area contributed by atoms with Gasteiger partial charge in [0.15, 0.2) is 5.75 Å². The highest BCUT2D eigenvalue weighted by atomic mass is 35.5. The van der Waals surface area contributed by atoms with Gasteiger partial charge in [-0.25, -0.2) is 4.79 Å². The number of nitrogens with one attached hydrogen (secondary N) is 1. The first-order valence-electron chi connectivity index (χ1n) is 4.19. The van der Waals surface area contributed by atoms with Gasteiger partial charge in [0, 0.05) is 0 Å². The van der Waals surface area contributed by atoms with E-state index in [2.05, 4.69) is 5.32 Å². The lowest BCUT2D eigenvalue weighted by atomic mass is 10.1. The van der Waals surface area contributed by atoms with Crippen LogP contribution in [0.1, 0.15) is 11.6 Å². The van der Waals surface area contributed by atoms with Crippen molar-refractivity contribution in [2.24, 2.45) is 0 Å². The minimum absolute atomic E-state index is 0.152. The summed E-state index contributed by atoms with van der Waals surface area (Å²) in [6.07, 6.45) is -0.472. The number of cyclic esters (lactones) is 1. The largest absolute Gasteiger partial charge is 0.505 e. The zero-order chi connectivity index (χ0) is 11.0. The molecule has 0 unspecified atom stereocenters. The second kappa shape index (κ2) is 3.79. The SMILES string of the molecule is O=C1N[C@@H](c2cc(Cl)c(O)c(Cl)c2)CO1. The van der Waals surface area contributed by atoms with Crippen LogP contribution in [0.25, 0.3) is 0 Å². The first-order valence-corrected chi connectivity index (χ1v) is 4.94. The van der Waals surface area contributed by atoms with Gasteiger partial charge >= 0.3 is 6.09 Å². The van der Waals surface area contributed by atoms with Gasteiger partial charge in [-0.1, -0.05) is 23.2 Å². The lowest BCUT2D eigenvalue weighted by Gasteiger charge is -2.09. The van der Waals surface area contributed by atoms with Crippen LogP contribution < -0.4 is 5.32 Å². The average Bonchev–Trinajstić information content (AvgIpc) is 2.60. The molecular formula is C9H7Cl2NO3. The summed E-state index contributed by atoms with van der Waals surface area (Å²) in [6.45, 7) is 0.232. The maximum atomic E-state index is 10.8. The molecule has 2 N–H and O–H groups in total. The van der Waals surface area contributed by atoms with Gasteiger partial charge in [0.1, 0.15) is 6.61 Å². The highest BCUT2D eigenvalue weighted by Gasteiger charge is 2.25. The Morgan fingerprint density at radius 3 is 2.47 bits per heavy atom. The molecule has 1 aliphatic heterocycles. The van der Waals surface area contributed by atoms with Crippen molar-refractivity contribution in [3.8, 4) is 5.75 Å². The van der Waals surface area contributed by atoms with Crippen molar-refractivity contribution in [2.45, 2.75) is 6.04 Å². The van der Waals surface area contributed by atoms with Gasteiger partial charge < -0.3 is 15.2 Å². The number of aromatic hydroxyl groups is 1. The molecule has 2 rings (SSSR count). The lowest BCUT2D eigenvalue weighted by Crippen LogP contribution is -2.18. The molecule has 1 amide bonds. The third-order valence-electron chi connectivity index (χ3n) is 2.11. The average molecular weight is 248 g/mol. The summed E-state index contributed by atoms with van der Waals surface area (Å²) < 4.78 is 4.73. The van der Waals surface area contributed by atoms with Crippen LogP contribution in [-0.2, 0) is 4.74 Å². The molecule has 0 bridgehead atoms. The Bertz CT molecular complexity index is 399. The monoisotopic (exact) mass is 247 g/mol. The number of carbonyl (C=O) groups is 1. The van der Waals surface area contributed by atoms with E-state index in [1.54, 1.807) is 12.1 Å². The van der Waals surface area contributed by atoms with Gasteiger partial charge in [-0.05, 0) is 17.7 Å². The van der Waals surface area contributed by atoms with E-state index in [0.717, 1.165) is 0 Å². The summed E-state index contributed by atoms with van der Waals surface area (Å²) in [4.78, 5) is 10.8. The van der Waals surface area contributed by atoms with E-state index in [-0.39, 0.29) is 28.4 Å². The number of carbonyl (C=O) groups excluding carboxylic acids is 1. The van der Waals surface area contributed by atoms with Crippen molar-refractivity contribution < 1.29 is 14.6 Å². The van der Waals surface area contributed by atoms with Gasteiger partial charge in [0.25, 0.3) is 0 Å². The summed E-state index contributed by atoms with van der Waals surface area (Å²) in [5.74, 6) is -0.160. The highest BCUT2D eigenvalue weighted by Crippen LogP contribution is 2.35. The van der Waals surface area contributed by atoms with Crippen LogP contribution in [-0.4, -0.2) is 17.8 Å². The van der Waals surface area contributed by atoms with Gasteiger partial charge in [-0.3, -0.25) is 0 Å². The second-order valence-electron chi connectivity index (χ2n) is 3.13. The van der Waals surface area contributed by atoms with Crippen LogP contribution >= 0.6 is 23.2 Å². The molecule has 6 heteroatoms. The molecule has 1 aromatic rings. The number of hydrogen-bond acceptors (Lipinski definition) is 3. The molecule has 0 aromatic heterocycles. The van der Waals surface area contributed by atoms with E-state index in [4.69, 9.17) is 27.9 Å². The molecule has 1 fully saturated rings. The number of halogens is 2. The normalized spacial score (nSPS) is 19.9. The van der Waals surface area contributed by atoms with Gasteiger partial charge in [0.05, 0.1) is 16.1 Å². The van der Waals surface area contributed by atoms with Crippen LogP contribution in [0.15, 0.2) is 12.1 Å². The minimum atomic E-state index is -0.472. The lowest BCUT2D eigenvalue weighted by molar-refractivity contribution is 0.177. The summed E-state index contributed by atoms with van der Waals surface area (Å²) in [6, 6.07) is 2.82. The van der Waals surface area contributed by atoms with Crippen LogP contribution in [0, 0.1) is 0 Å². The van der Waals surface area contributed by atoms with Crippen molar-refractivity contribution in [3.05, 3.63) is 27.7 Å². The number of rotatable bonds is 1. The maximum absolute atomic E-state index is 10.8. The van der Waals surface area contributed by atoms with E-state index < -0.39 is 6.09 Å². The van der Waals surface area contributed by atoms with E-state index >= 15 is 0 Å². The molecule has 0 spiro atoms. The minimum Gasteiger partial charge on any atom is -0.505 e. The maximum Gasteiger partial charge on any atom is 0.407 e. The van der Waals surface area contributed by atoms with Crippen molar-refractivity contribution in [1.82, 2.24) is 5.32 Å². The number of amides is 1. The van der Waals surface area contributed by atoms with E-state index in [1.165, 1.54) is 0 Å². The summed E-state index contributed by atoms with van der Waals surface area (Å²) in [5, 5.41) is 12.2. The molecular weight excluding hydrogens is 241 g/mol. The van der Waals surface area contributed by atoms with Gasteiger partial charge in [0.2, 0.25) is 0 Å². The second-order valence-corrected chi connectivity index (χ2v) is 3.94. The van der Waals surface area contributed by atoms with Crippen molar-refractivity contribution in [3.63, 3.8) is 0 Å². The van der Waals surface area contributed by atoms with Crippen LogP contribution in [0.3, 0.4) is 0 Å². The van der Waals surface area contributed by atoms with Gasteiger partial charge in [-0.2, -0.15) is 0 Å². The standard InChI is InChI=1S/C9H7Cl2NO3/c10-5-1-4(2-6(11)8(5)13)7-3-15-9(14)12-7/h1-2,7,13H,3H2,(H,12,14)/t7-/m1/s1. The number of phenolic OH excluding ortho intramolecular Hbond substituents is 1. The van der Waals surface area contributed by atoms with Crippen molar-refractivity contribution >= 4 is 29.3 Å². The number of phenols is 1. The Balaban J connectivity index is 2.33. The van der Waals surface area contributed by atoms with E-state index in [1.807, 2.05) is 0 Å². The smallest absolute Gasteiger partial charge is 0.407 e. The Hall–Kier alpha value is -1.13. The fraction of sp³-hybridized carbons (Fsp3) is 0.222. The molecule has 1 saturated heterocycles. The zero-order valence-electron chi connectivity index (χ0n) is 7.46. The molecule has 1 atom stereocenters. The molecule has 15 heavy (non-hydrogen) atoms. The highest BCUT2D eigenvalue weighted by molar-refractivity contribution is 6.37. The Morgan fingerprint density at radius 2 is 2.00 bits per heavy atom. The predicted octanol–water partition coefficient (Wildman–Crippen LogP) is 2.48. The first kappa shape index (κ1) is 10.4. The molecule has 1 heterocycles. The van der Waals surface area contributed by atoms with Crippen molar-refractivity contribution in [1.29, 1.82) is 0 Å². The Labute approximate surface area is 95.7 Å². The van der Waals surface area contributed by atoms with Gasteiger partial charge in [-0.15, -0.1) is 0 Å². The molecule has 4 nitrogen and oxygen atoms in total. The summed E-state index contributed by atoms with van der Waals surface area (Å²) in [5.41, 5.74) is 0.702. The molecule has 1 aliphatic rings. The molecule has 0 aliphatic carbocycles.